The van der Waals surface area contributed by atoms with Gasteiger partial charge in [0, 0.05) is 5.33 Å². The molecule has 0 saturated carbocycles. The molecule has 0 saturated heterocycles. The molecule has 0 aliphatic heterocycles. The van der Waals surface area contributed by atoms with Crippen molar-refractivity contribution in [1.82, 2.24) is 0 Å². The highest BCUT2D eigenvalue weighted by atomic mass is 79.9. The molecule has 0 aromatic heterocycles. The molecule has 3 heteroatoms. The van der Waals surface area contributed by atoms with E-state index in [2.05, 4.69) is 22.0 Å². The van der Waals surface area contributed by atoms with Gasteiger partial charge in [0.25, 0.3) is 0 Å². The van der Waals surface area contributed by atoms with Crippen LogP contribution in [0, 0.1) is 0 Å². The molecule has 3 aromatic rings. The van der Waals surface area contributed by atoms with E-state index in [1.165, 1.54) is 0 Å². The maximum absolute atomic E-state index is 12.6. The SMILES string of the molecule is O=C(OCCCCBr)c1c2ccccc2cc2ccccc12. The predicted octanol–water partition coefficient (Wildman–Crippen LogP) is 5.32. The van der Waals surface area contributed by atoms with Crippen LogP contribution in [0.25, 0.3) is 21.5 Å². The Morgan fingerprint density at radius 3 is 2.09 bits per heavy atom. The van der Waals surface area contributed by atoms with Gasteiger partial charge in [0.1, 0.15) is 0 Å². The van der Waals surface area contributed by atoms with Crippen molar-refractivity contribution in [2.75, 3.05) is 11.9 Å². The second kappa shape index (κ2) is 6.93. The van der Waals surface area contributed by atoms with Crippen molar-refractivity contribution < 1.29 is 9.53 Å². The molecule has 0 spiro atoms. The van der Waals surface area contributed by atoms with Gasteiger partial charge in [-0.2, -0.15) is 0 Å². The molecule has 0 N–H and O–H groups in total. The summed E-state index contributed by atoms with van der Waals surface area (Å²) in [6, 6.07) is 18.0. The van der Waals surface area contributed by atoms with E-state index in [1.807, 2.05) is 48.5 Å². The van der Waals surface area contributed by atoms with E-state index in [4.69, 9.17) is 4.74 Å². The van der Waals surface area contributed by atoms with Crippen LogP contribution in [-0.4, -0.2) is 17.9 Å². The zero-order valence-corrected chi connectivity index (χ0v) is 13.8. The Morgan fingerprint density at radius 1 is 0.909 bits per heavy atom. The van der Waals surface area contributed by atoms with Gasteiger partial charge in [0.05, 0.1) is 12.2 Å². The van der Waals surface area contributed by atoms with Crippen molar-refractivity contribution in [3.8, 4) is 0 Å². The van der Waals surface area contributed by atoms with Gasteiger partial charge in [0.2, 0.25) is 0 Å². The highest BCUT2D eigenvalue weighted by molar-refractivity contribution is 9.09. The molecule has 3 aromatic carbocycles. The van der Waals surface area contributed by atoms with Crippen LogP contribution in [-0.2, 0) is 4.74 Å². The smallest absolute Gasteiger partial charge is 0.339 e. The summed E-state index contributed by atoms with van der Waals surface area (Å²) in [7, 11) is 0. The third kappa shape index (κ3) is 3.00. The number of ether oxygens (including phenoxy) is 1. The summed E-state index contributed by atoms with van der Waals surface area (Å²) < 4.78 is 5.49. The van der Waals surface area contributed by atoms with E-state index in [9.17, 15) is 4.79 Å². The van der Waals surface area contributed by atoms with Crippen LogP contribution in [0.15, 0.2) is 54.6 Å². The number of hydrogen-bond acceptors (Lipinski definition) is 2. The number of esters is 1. The van der Waals surface area contributed by atoms with Crippen LogP contribution in [0.4, 0.5) is 0 Å². The molecule has 0 bridgehead atoms. The number of unbranched alkanes of at least 4 members (excludes halogenated alkanes) is 1. The fourth-order valence-electron chi connectivity index (χ4n) is 2.67. The first-order valence-corrected chi connectivity index (χ1v) is 8.57. The summed E-state index contributed by atoms with van der Waals surface area (Å²) in [5.74, 6) is -0.234. The number of alkyl halides is 1. The predicted molar refractivity (Wildman–Crippen MR) is 94.8 cm³/mol. The number of hydrogen-bond donors (Lipinski definition) is 0. The minimum absolute atomic E-state index is 0.234. The third-order valence-electron chi connectivity index (χ3n) is 3.74. The van der Waals surface area contributed by atoms with Gasteiger partial charge in [-0.3, -0.25) is 0 Å². The van der Waals surface area contributed by atoms with Crippen molar-refractivity contribution in [1.29, 1.82) is 0 Å². The largest absolute Gasteiger partial charge is 0.462 e. The molecule has 3 rings (SSSR count). The van der Waals surface area contributed by atoms with Crippen LogP contribution in [0.5, 0.6) is 0 Å². The fourth-order valence-corrected chi connectivity index (χ4v) is 3.06. The lowest BCUT2D eigenvalue weighted by atomic mass is 9.97. The van der Waals surface area contributed by atoms with Crippen LogP contribution in [0.2, 0.25) is 0 Å². The molecule has 0 amide bonds. The first-order valence-electron chi connectivity index (χ1n) is 7.45. The molecule has 0 atom stereocenters. The van der Waals surface area contributed by atoms with Gasteiger partial charge in [-0.25, -0.2) is 4.79 Å². The summed E-state index contributed by atoms with van der Waals surface area (Å²) >= 11 is 3.39. The van der Waals surface area contributed by atoms with Gasteiger partial charge in [-0.1, -0.05) is 64.5 Å². The van der Waals surface area contributed by atoms with Crippen LogP contribution < -0.4 is 0 Å². The average molecular weight is 357 g/mol. The Kier molecular flexibility index (Phi) is 4.74. The molecular formula is C19H17BrO2. The zero-order chi connectivity index (χ0) is 15.4. The van der Waals surface area contributed by atoms with Gasteiger partial charge in [-0.05, 0) is 40.5 Å². The molecule has 2 nitrogen and oxygen atoms in total. The molecule has 22 heavy (non-hydrogen) atoms. The quantitative estimate of drug-likeness (QED) is 0.267. The normalized spacial score (nSPS) is 11.0. The Labute approximate surface area is 138 Å². The summed E-state index contributed by atoms with van der Waals surface area (Å²) in [6.07, 6.45) is 1.88. The van der Waals surface area contributed by atoms with Crippen molar-refractivity contribution in [3.05, 3.63) is 60.2 Å². The fraction of sp³-hybridized carbons (Fsp3) is 0.211. The molecule has 0 heterocycles. The Morgan fingerprint density at radius 2 is 1.50 bits per heavy atom. The number of benzene rings is 3. The van der Waals surface area contributed by atoms with Gasteiger partial charge in [0.15, 0.2) is 0 Å². The minimum Gasteiger partial charge on any atom is -0.462 e. The van der Waals surface area contributed by atoms with E-state index in [-0.39, 0.29) is 5.97 Å². The lowest BCUT2D eigenvalue weighted by Gasteiger charge is -2.11. The van der Waals surface area contributed by atoms with Crippen molar-refractivity contribution in [2.45, 2.75) is 12.8 Å². The number of halogens is 1. The molecule has 0 aliphatic rings. The Balaban J connectivity index is 2.06. The van der Waals surface area contributed by atoms with Crippen molar-refractivity contribution in [3.63, 3.8) is 0 Å². The lowest BCUT2D eigenvalue weighted by molar-refractivity contribution is 0.0504. The summed E-state index contributed by atoms with van der Waals surface area (Å²) in [5, 5.41) is 4.96. The van der Waals surface area contributed by atoms with Gasteiger partial charge < -0.3 is 4.74 Å². The van der Waals surface area contributed by atoms with E-state index in [0.29, 0.717) is 12.2 Å². The van der Waals surface area contributed by atoms with Crippen LogP contribution >= 0.6 is 15.9 Å². The highest BCUT2D eigenvalue weighted by Gasteiger charge is 2.15. The number of rotatable bonds is 5. The molecular weight excluding hydrogens is 340 g/mol. The van der Waals surface area contributed by atoms with Gasteiger partial charge in [-0.15, -0.1) is 0 Å². The second-order valence-corrected chi connectivity index (χ2v) is 6.02. The van der Waals surface area contributed by atoms with E-state index < -0.39 is 0 Å². The first-order chi connectivity index (χ1) is 10.8. The summed E-state index contributed by atoms with van der Waals surface area (Å²) in [6.45, 7) is 0.460. The van der Waals surface area contributed by atoms with Crippen molar-refractivity contribution >= 4 is 43.4 Å². The molecule has 0 fully saturated rings. The number of carbonyl (C=O) groups excluding carboxylic acids is 1. The monoisotopic (exact) mass is 356 g/mol. The van der Waals surface area contributed by atoms with Crippen molar-refractivity contribution in [2.24, 2.45) is 0 Å². The third-order valence-corrected chi connectivity index (χ3v) is 4.30. The van der Waals surface area contributed by atoms with Crippen LogP contribution in [0.3, 0.4) is 0 Å². The minimum atomic E-state index is -0.234. The maximum atomic E-state index is 12.6. The van der Waals surface area contributed by atoms with E-state index >= 15 is 0 Å². The Bertz CT molecular complexity index is 757. The summed E-state index contributed by atoms with van der Waals surface area (Å²) in [4.78, 5) is 12.6. The molecule has 0 radical (unpaired) electrons. The van der Waals surface area contributed by atoms with E-state index in [0.717, 1.165) is 39.7 Å². The standard InChI is InChI=1S/C19H17BrO2/c20-11-5-6-12-22-19(21)18-16-9-3-1-7-14(16)13-15-8-2-4-10-17(15)18/h1-4,7-10,13H,5-6,11-12H2. The Hall–Kier alpha value is -1.87. The maximum Gasteiger partial charge on any atom is 0.339 e. The topological polar surface area (TPSA) is 26.3 Å². The van der Waals surface area contributed by atoms with E-state index in [1.54, 1.807) is 0 Å². The van der Waals surface area contributed by atoms with Gasteiger partial charge >= 0.3 is 5.97 Å². The van der Waals surface area contributed by atoms with Crippen LogP contribution in [0.1, 0.15) is 23.2 Å². The first kappa shape index (κ1) is 15.0. The number of fused-ring (bicyclic) bond motifs is 2. The number of carbonyl (C=O) groups is 1. The zero-order valence-electron chi connectivity index (χ0n) is 12.2. The second-order valence-electron chi connectivity index (χ2n) is 5.23. The molecule has 0 unspecified atom stereocenters. The lowest BCUT2D eigenvalue weighted by Crippen LogP contribution is -2.08. The summed E-state index contributed by atoms with van der Waals surface area (Å²) in [5.41, 5.74) is 0.674. The average Bonchev–Trinajstić information content (AvgIpc) is 2.56. The highest BCUT2D eigenvalue weighted by Crippen LogP contribution is 2.29. The molecule has 112 valence electrons. The molecule has 0 aliphatic carbocycles.